The summed E-state index contributed by atoms with van der Waals surface area (Å²) in [5.74, 6) is 0.154. The summed E-state index contributed by atoms with van der Waals surface area (Å²) in [5.41, 5.74) is 6.31. The predicted molar refractivity (Wildman–Crippen MR) is 86.9 cm³/mol. The molecule has 0 aromatic heterocycles. The lowest BCUT2D eigenvalue weighted by molar-refractivity contribution is -0.122. The minimum Gasteiger partial charge on any atom is -0.278 e. The Morgan fingerprint density at radius 2 is 2.41 bits per heavy atom. The third-order valence-corrected chi connectivity index (χ3v) is 4.57. The van der Waals surface area contributed by atoms with Crippen molar-refractivity contribution in [2.24, 2.45) is 11.0 Å². The van der Waals surface area contributed by atoms with Crippen LogP contribution >= 0.6 is 11.8 Å². The highest BCUT2D eigenvalue weighted by molar-refractivity contribution is 8.13. The van der Waals surface area contributed by atoms with E-state index in [-0.39, 0.29) is 17.0 Å². The summed E-state index contributed by atoms with van der Waals surface area (Å²) in [7, 11) is 0. The van der Waals surface area contributed by atoms with Gasteiger partial charge in [-0.3, -0.25) is 10.2 Å². The van der Waals surface area contributed by atoms with Crippen molar-refractivity contribution in [3.8, 4) is 6.19 Å². The molecule has 1 aromatic rings. The molecule has 22 heavy (non-hydrogen) atoms. The van der Waals surface area contributed by atoms with Crippen LogP contribution in [-0.2, 0) is 11.2 Å². The Morgan fingerprint density at radius 3 is 3.14 bits per heavy atom. The number of hydrogen-bond donors (Lipinski definition) is 2. The molecule has 1 aromatic carbocycles. The Bertz CT molecular complexity index is 721. The number of hydrazone groups is 1. The van der Waals surface area contributed by atoms with Crippen LogP contribution in [0.4, 0.5) is 5.69 Å². The Labute approximate surface area is 132 Å². The lowest BCUT2D eigenvalue weighted by atomic mass is 9.79. The van der Waals surface area contributed by atoms with Crippen molar-refractivity contribution >= 4 is 34.2 Å². The Morgan fingerprint density at radius 1 is 1.59 bits per heavy atom. The highest BCUT2D eigenvalue weighted by Crippen LogP contribution is 2.32. The van der Waals surface area contributed by atoms with E-state index < -0.39 is 0 Å². The third kappa shape index (κ3) is 2.46. The molecule has 0 radical (unpaired) electrons. The molecule has 2 aliphatic rings. The summed E-state index contributed by atoms with van der Waals surface area (Å²) in [6.07, 6.45) is 6.04. The molecule has 3 rings (SSSR count). The van der Waals surface area contributed by atoms with Crippen molar-refractivity contribution in [3.05, 3.63) is 29.3 Å². The number of rotatable bonds is 1. The summed E-state index contributed by atoms with van der Waals surface area (Å²) in [4.78, 5) is 12.7. The predicted octanol–water partition coefficient (Wildman–Crippen LogP) is 2.06. The highest BCUT2D eigenvalue weighted by atomic mass is 32.2. The number of aryl methyl sites for hydroxylation is 1. The molecule has 7 heteroatoms. The number of amides is 1. The van der Waals surface area contributed by atoms with Gasteiger partial charge in [-0.05, 0) is 36.8 Å². The van der Waals surface area contributed by atoms with Crippen LogP contribution in [0.2, 0.25) is 0 Å². The fourth-order valence-corrected chi connectivity index (χ4v) is 3.25. The lowest BCUT2D eigenvalue weighted by Crippen LogP contribution is -2.36. The maximum absolute atomic E-state index is 11.4. The van der Waals surface area contributed by atoms with Gasteiger partial charge in [0.25, 0.3) is 0 Å². The zero-order valence-corrected chi connectivity index (χ0v) is 12.9. The summed E-state index contributed by atoms with van der Waals surface area (Å²) in [6, 6.07) is 5.71. The molecule has 2 N–H and O–H groups in total. The topological polar surface area (TPSA) is 92.3 Å². The molecule has 1 heterocycles. The van der Waals surface area contributed by atoms with Gasteiger partial charge in [0.1, 0.15) is 0 Å². The summed E-state index contributed by atoms with van der Waals surface area (Å²) < 4.78 is 0. The molecule has 1 aliphatic carbocycles. The molecule has 1 atom stereocenters. The van der Waals surface area contributed by atoms with E-state index in [2.05, 4.69) is 10.5 Å². The van der Waals surface area contributed by atoms with Crippen LogP contribution in [0.25, 0.3) is 0 Å². The second-order valence-electron chi connectivity index (χ2n) is 5.26. The molecule has 112 valence electrons. The van der Waals surface area contributed by atoms with Gasteiger partial charge in [-0.25, -0.2) is 10.3 Å². The van der Waals surface area contributed by atoms with Gasteiger partial charge in [0.15, 0.2) is 11.4 Å². The molecule has 1 amide bonds. The van der Waals surface area contributed by atoms with Gasteiger partial charge in [-0.15, -0.1) is 0 Å². The zero-order chi connectivity index (χ0) is 15.7. The summed E-state index contributed by atoms with van der Waals surface area (Å²) in [5, 5.41) is 21.5. The number of fused-ring (bicyclic) bond motifs is 3. The number of anilines is 1. The first-order valence-corrected chi connectivity index (χ1v) is 8.18. The standard InChI is InChI=1S/C15H15N5OS/c1-22-15(17)20(8-16)11-4-5-12-9(6-11)2-3-10-7-13(21)18-19-14(10)12/h4-6,10,17H,2-3,7H2,1H3,(H,18,21). The van der Waals surface area contributed by atoms with E-state index in [0.29, 0.717) is 12.1 Å². The molecule has 0 fully saturated rings. The first kappa shape index (κ1) is 14.6. The molecule has 1 unspecified atom stereocenters. The number of benzene rings is 1. The summed E-state index contributed by atoms with van der Waals surface area (Å²) in [6.45, 7) is 0. The van der Waals surface area contributed by atoms with E-state index in [0.717, 1.165) is 29.7 Å². The van der Waals surface area contributed by atoms with E-state index in [1.807, 2.05) is 24.4 Å². The van der Waals surface area contributed by atoms with Crippen molar-refractivity contribution in [1.29, 1.82) is 10.7 Å². The first-order valence-electron chi connectivity index (χ1n) is 6.96. The fourth-order valence-electron chi connectivity index (χ4n) is 2.92. The number of carbonyl (C=O) groups is 1. The zero-order valence-electron chi connectivity index (χ0n) is 12.1. The quantitative estimate of drug-likeness (QED) is 0.359. The van der Waals surface area contributed by atoms with Crippen molar-refractivity contribution in [2.45, 2.75) is 19.3 Å². The molecular formula is C15H15N5OS. The molecule has 0 spiro atoms. The number of carbonyl (C=O) groups excluding carboxylic acids is 1. The molecule has 0 bridgehead atoms. The SMILES string of the molecule is CSC(=N)N(C#N)c1ccc2c(c1)CCC1CC(=O)NN=C21. The lowest BCUT2D eigenvalue weighted by Gasteiger charge is -2.29. The van der Waals surface area contributed by atoms with Gasteiger partial charge in [0, 0.05) is 17.9 Å². The molecule has 0 saturated carbocycles. The van der Waals surface area contributed by atoms with Gasteiger partial charge in [0.05, 0.1) is 11.4 Å². The first-order chi connectivity index (χ1) is 10.6. The third-order valence-electron chi connectivity index (χ3n) is 4.00. The number of nitriles is 1. The van der Waals surface area contributed by atoms with Gasteiger partial charge < -0.3 is 0 Å². The van der Waals surface area contributed by atoms with Crippen LogP contribution in [0.15, 0.2) is 23.3 Å². The van der Waals surface area contributed by atoms with Gasteiger partial charge in [-0.2, -0.15) is 10.4 Å². The van der Waals surface area contributed by atoms with Crippen molar-refractivity contribution in [1.82, 2.24) is 5.43 Å². The van der Waals surface area contributed by atoms with Crippen LogP contribution in [0.5, 0.6) is 0 Å². The average molecular weight is 313 g/mol. The normalized spacial score (nSPS) is 19.2. The van der Waals surface area contributed by atoms with E-state index in [1.54, 1.807) is 6.26 Å². The maximum Gasteiger partial charge on any atom is 0.240 e. The monoisotopic (exact) mass is 313 g/mol. The van der Waals surface area contributed by atoms with E-state index in [4.69, 9.17) is 5.41 Å². The van der Waals surface area contributed by atoms with Gasteiger partial charge in [0.2, 0.25) is 5.91 Å². The highest BCUT2D eigenvalue weighted by Gasteiger charge is 2.31. The Hall–Kier alpha value is -2.33. The Balaban J connectivity index is 1.98. The molecule has 0 saturated heterocycles. The number of nitrogens with zero attached hydrogens (tertiary/aromatic N) is 3. The number of thioether (sulfide) groups is 1. The number of hydrogen-bond acceptors (Lipinski definition) is 5. The summed E-state index contributed by atoms with van der Waals surface area (Å²) >= 11 is 1.22. The van der Waals surface area contributed by atoms with Crippen molar-refractivity contribution in [2.75, 3.05) is 11.2 Å². The largest absolute Gasteiger partial charge is 0.278 e. The van der Waals surface area contributed by atoms with Crippen molar-refractivity contribution in [3.63, 3.8) is 0 Å². The minimum absolute atomic E-state index is 0.0297. The van der Waals surface area contributed by atoms with Crippen LogP contribution in [0.1, 0.15) is 24.0 Å². The van der Waals surface area contributed by atoms with E-state index in [9.17, 15) is 10.1 Å². The minimum atomic E-state index is -0.0297. The smallest absolute Gasteiger partial charge is 0.240 e. The van der Waals surface area contributed by atoms with E-state index >= 15 is 0 Å². The van der Waals surface area contributed by atoms with Gasteiger partial charge >= 0.3 is 0 Å². The average Bonchev–Trinajstić information content (AvgIpc) is 2.54. The van der Waals surface area contributed by atoms with Crippen molar-refractivity contribution < 1.29 is 4.79 Å². The Kier molecular flexibility index (Phi) is 3.86. The van der Waals surface area contributed by atoms with E-state index in [1.165, 1.54) is 16.7 Å². The van der Waals surface area contributed by atoms with Crippen LogP contribution in [-0.4, -0.2) is 23.0 Å². The van der Waals surface area contributed by atoms with Crippen LogP contribution in [0, 0.1) is 22.8 Å². The molecular weight excluding hydrogens is 298 g/mol. The molecule has 1 aliphatic heterocycles. The number of amidine groups is 1. The number of nitrogens with one attached hydrogen (secondary N) is 2. The van der Waals surface area contributed by atoms with Crippen LogP contribution in [0.3, 0.4) is 0 Å². The molecule has 6 nitrogen and oxygen atoms in total. The van der Waals surface area contributed by atoms with Crippen LogP contribution < -0.4 is 10.3 Å². The second kappa shape index (κ2) is 5.81. The fraction of sp³-hybridized carbons (Fsp3) is 0.333. The van der Waals surface area contributed by atoms with Gasteiger partial charge in [-0.1, -0.05) is 17.8 Å². The maximum atomic E-state index is 11.4. The second-order valence-corrected chi connectivity index (χ2v) is 6.05.